The Bertz CT molecular complexity index is 401. The predicted molar refractivity (Wildman–Crippen MR) is 77.5 cm³/mol. The fraction of sp³-hybridized carbons (Fsp3) is 0.867. The van der Waals surface area contributed by atoms with Crippen molar-refractivity contribution in [2.45, 2.75) is 43.7 Å². The maximum absolute atomic E-state index is 12.5. The molecule has 6 nitrogen and oxygen atoms in total. The van der Waals surface area contributed by atoms with Gasteiger partial charge in [-0.05, 0) is 12.8 Å². The molecule has 6 heteroatoms. The Morgan fingerprint density at radius 1 is 1.48 bits per heavy atom. The van der Waals surface area contributed by atoms with E-state index in [0.29, 0.717) is 19.8 Å². The van der Waals surface area contributed by atoms with Gasteiger partial charge in [-0.25, -0.2) is 0 Å². The number of aliphatic hydroxyl groups excluding tert-OH is 1. The summed E-state index contributed by atoms with van der Waals surface area (Å²) in [6, 6.07) is 2.25. The molecule has 2 rings (SSSR count). The molecule has 118 valence electrons. The number of likely N-dealkylation sites (N-methyl/N-ethyl adjacent to an activating group) is 1. The minimum Gasteiger partial charge on any atom is -0.395 e. The highest BCUT2D eigenvalue weighted by Gasteiger charge is 2.39. The first kappa shape index (κ1) is 16.2. The van der Waals surface area contributed by atoms with Crippen LogP contribution in [0.5, 0.6) is 0 Å². The van der Waals surface area contributed by atoms with Crippen molar-refractivity contribution in [1.82, 2.24) is 9.80 Å². The quantitative estimate of drug-likeness (QED) is 0.810. The number of nitrogens with zero attached hydrogens (tertiary/aromatic N) is 3. The summed E-state index contributed by atoms with van der Waals surface area (Å²) in [6.07, 6.45) is 4.67. The molecule has 1 unspecified atom stereocenters. The van der Waals surface area contributed by atoms with Crippen LogP contribution in [0.3, 0.4) is 0 Å². The number of nitriles is 1. The summed E-state index contributed by atoms with van der Waals surface area (Å²) in [6.45, 7) is 1.91. The van der Waals surface area contributed by atoms with Crippen LogP contribution < -0.4 is 0 Å². The Kier molecular flexibility index (Phi) is 5.57. The first-order valence-electron chi connectivity index (χ1n) is 7.73. The molecule has 0 aromatic carbocycles. The molecule has 0 spiro atoms. The topological polar surface area (TPSA) is 76.8 Å². The number of rotatable bonds is 4. The summed E-state index contributed by atoms with van der Waals surface area (Å²) in [5, 5.41) is 18.9. The van der Waals surface area contributed by atoms with Gasteiger partial charge in [-0.3, -0.25) is 9.69 Å². The molecule has 1 aliphatic carbocycles. The number of carbonyl (C=O) groups excluding carboxylic acids is 1. The van der Waals surface area contributed by atoms with Crippen molar-refractivity contribution >= 4 is 5.91 Å². The summed E-state index contributed by atoms with van der Waals surface area (Å²) in [5.74, 6) is -0.0428. The monoisotopic (exact) mass is 295 g/mol. The second-order valence-electron chi connectivity index (χ2n) is 6.04. The van der Waals surface area contributed by atoms with E-state index in [9.17, 15) is 15.2 Å². The highest BCUT2D eigenvalue weighted by Crippen LogP contribution is 2.32. The van der Waals surface area contributed by atoms with Gasteiger partial charge in [0.25, 0.3) is 0 Å². The van der Waals surface area contributed by atoms with E-state index >= 15 is 0 Å². The molecule has 1 aliphatic heterocycles. The summed E-state index contributed by atoms with van der Waals surface area (Å²) in [5.41, 5.74) is -0.643. The molecule has 1 saturated carbocycles. The van der Waals surface area contributed by atoms with Gasteiger partial charge in [0.15, 0.2) is 0 Å². The first-order chi connectivity index (χ1) is 10.1. The molecule has 1 N–H and O–H groups in total. The normalized spacial score (nSPS) is 26.0. The highest BCUT2D eigenvalue weighted by molar-refractivity contribution is 5.79. The molecule has 1 atom stereocenters. The third-order valence-corrected chi connectivity index (χ3v) is 4.80. The van der Waals surface area contributed by atoms with Crippen molar-refractivity contribution in [3.05, 3.63) is 0 Å². The lowest BCUT2D eigenvalue weighted by molar-refractivity contribution is -0.139. The fourth-order valence-corrected chi connectivity index (χ4v) is 3.24. The lowest BCUT2D eigenvalue weighted by Gasteiger charge is -2.41. The molecule has 0 aromatic rings. The zero-order chi connectivity index (χ0) is 15.3. The minimum absolute atomic E-state index is 0.0135. The van der Waals surface area contributed by atoms with Crippen LogP contribution in [-0.2, 0) is 9.53 Å². The Morgan fingerprint density at radius 3 is 2.81 bits per heavy atom. The number of hydrogen-bond acceptors (Lipinski definition) is 5. The zero-order valence-corrected chi connectivity index (χ0v) is 12.8. The SMILES string of the molecule is CN(C(=O)CN1CCOCC1CO)C1(C#N)CCCCC1. The number of hydrogen-bond donors (Lipinski definition) is 1. The molecular weight excluding hydrogens is 270 g/mol. The molecule has 0 bridgehead atoms. The van der Waals surface area contributed by atoms with Crippen LogP contribution in [0.1, 0.15) is 32.1 Å². The summed E-state index contributed by atoms with van der Waals surface area (Å²) in [7, 11) is 1.74. The van der Waals surface area contributed by atoms with Crippen LogP contribution in [0.25, 0.3) is 0 Å². The molecule has 21 heavy (non-hydrogen) atoms. The van der Waals surface area contributed by atoms with E-state index in [1.54, 1.807) is 11.9 Å². The van der Waals surface area contributed by atoms with Crippen LogP contribution in [0.4, 0.5) is 0 Å². The van der Waals surface area contributed by atoms with Crippen molar-refractivity contribution < 1.29 is 14.6 Å². The number of carbonyl (C=O) groups is 1. The van der Waals surface area contributed by atoms with Crippen LogP contribution in [0.2, 0.25) is 0 Å². The maximum Gasteiger partial charge on any atom is 0.237 e. The molecular formula is C15H25N3O3. The van der Waals surface area contributed by atoms with E-state index < -0.39 is 5.54 Å². The Balaban J connectivity index is 1.99. The molecule has 1 heterocycles. The number of aliphatic hydroxyl groups is 1. The number of morpholine rings is 1. The van der Waals surface area contributed by atoms with Gasteiger partial charge in [-0.1, -0.05) is 19.3 Å². The van der Waals surface area contributed by atoms with Crippen molar-refractivity contribution in [2.75, 3.05) is 40.0 Å². The molecule has 0 aromatic heterocycles. The molecule has 0 radical (unpaired) electrons. The van der Waals surface area contributed by atoms with E-state index in [-0.39, 0.29) is 25.1 Å². The highest BCUT2D eigenvalue weighted by atomic mass is 16.5. The van der Waals surface area contributed by atoms with Gasteiger partial charge in [-0.15, -0.1) is 0 Å². The maximum atomic E-state index is 12.5. The Hall–Kier alpha value is -1.16. The average Bonchev–Trinajstić information content (AvgIpc) is 2.55. The molecule has 1 amide bonds. The zero-order valence-electron chi connectivity index (χ0n) is 12.8. The van der Waals surface area contributed by atoms with Gasteiger partial charge >= 0.3 is 0 Å². The number of amides is 1. The molecule has 1 saturated heterocycles. The van der Waals surface area contributed by atoms with Gasteiger partial charge in [0.05, 0.1) is 38.5 Å². The van der Waals surface area contributed by atoms with Gasteiger partial charge in [-0.2, -0.15) is 5.26 Å². The fourth-order valence-electron chi connectivity index (χ4n) is 3.24. The van der Waals surface area contributed by atoms with Gasteiger partial charge in [0.1, 0.15) is 5.54 Å². The van der Waals surface area contributed by atoms with Gasteiger partial charge in [0, 0.05) is 13.6 Å². The largest absolute Gasteiger partial charge is 0.395 e. The summed E-state index contributed by atoms with van der Waals surface area (Å²) in [4.78, 5) is 16.1. The lowest BCUT2D eigenvalue weighted by atomic mass is 9.81. The van der Waals surface area contributed by atoms with E-state index in [2.05, 4.69) is 6.07 Å². The smallest absolute Gasteiger partial charge is 0.237 e. The minimum atomic E-state index is -0.643. The second-order valence-corrected chi connectivity index (χ2v) is 6.04. The van der Waals surface area contributed by atoms with E-state index in [4.69, 9.17) is 4.74 Å². The summed E-state index contributed by atoms with van der Waals surface area (Å²) < 4.78 is 5.32. The Labute approximate surface area is 126 Å². The van der Waals surface area contributed by atoms with Crippen molar-refractivity contribution in [3.8, 4) is 6.07 Å². The second kappa shape index (κ2) is 7.21. The average molecular weight is 295 g/mol. The van der Waals surface area contributed by atoms with E-state index in [1.807, 2.05) is 4.90 Å². The van der Waals surface area contributed by atoms with E-state index in [1.165, 1.54) is 0 Å². The summed E-state index contributed by atoms with van der Waals surface area (Å²) >= 11 is 0. The van der Waals surface area contributed by atoms with Crippen molar-refractivity contribution in [1.29, 1.82) is 5.26 Å². The van der Waals surface area contributed by atoms with E-state index in [0.717, 1.165) is 32.1 Å². The van der Waals surface area contributed by atoms with Crippen molar-refractivity contribution in [2.24, 2.45) is 0 Å². The third kappa shape index (κ3) is 3.54. The van der Waals surface area contributed by atoms with Crippen LogP contribution in [0.15, 0.2) is 0 Å². The number of ether oxygens (including phenoxy) is 1. The predicted octanol–water partition coefficient (Wildman–Crippen LogP) is 0.364. The van der Waals surface area contributed by atoms with Gasteiger partial charge in [0.2, 0.25) is 5.91 Å². The first-order valence-corrected chi connectivity index (χ1v) is 7.73. The van der Waals surface area contributed by atoms with Crippen LogP contribution in [-0.4, -0.2) is 72.4 Å². The Morgan fingerprint density at radius 2 is 2.19 bits per heavy atom. The van der Waals surface area contributed by atoms with Gasteiger partial charge < -0.3 is 14.7 Å². The third-order valence-electron chi connectivity index (χ3n) is 4.80. The van der Waals surface area contributed by atoms with Crippen LogP contribution >= 0.6 is 0 Å². The van der Waals surface area contributed by atoms with Crippen molar-refractivity contribution in [3.63, 3.8) is 0 Å². The van der Waals surface area contributed by atoms with Crippen LogP contribution in [0, 0.1) is 11.3 Å². The standard InChI is InChI=1S/C15H25N3O3/c1-17(15(12-16)5-3-2-4-6-15)14(20)9-18-7-8-21-11-13(18)10-19/h13,19H,2-11H2,1H3. The molecule has 2 aliphatic rings. The molecule has 2 fully saturated rings. The lowest BCUT2D eigenvalue weighted by Crippen LogP contribution is -2.56.